The molecular formula is C13H13BrN2O. The summed E-state index contributed by atoms with van der Waals surface area (Å²) >= 11 is 3.44. The molecular weight excluding hydrogens is 280 g/mol. The summed E-state index contributed by atoms with van der Waals surface area (Å²) in [6.07, 6.45) is 4.21. The Kier molecular flexibility index (Phi) is 3.74. The van der Waals surface area contributed by atoms with Crippen molar-refractivity contribution < 1.29 is 4.79 Å². The Hall–Kier alpha value is -1.42. The Balaban J connectivity index is 2.09. The second-order valence-electron chi connectivity index (χ2n) is 3.94. The third-order valence-corrected chi connectivity index (χ3v) is 3.21. The molecule has 1 aromatic heterocycles. The number of aryl methyl sites for hydroxylation is 3. The Labute approximate surface area is 109 Å². The molecule has 0 spiro atoms. The SMILES string of the molecule is Cn1cnc(CCc2cccc(Br)c2)c1C=O. The lowest BCUT2D eigenvalue weighted by Gasteiger charge is -2.01. The van der Waals surface area contributed by atoms with Crippen LogP contribution in [0, 0.1) is 0 Å². The number of aldehydes is 1. The number of halogens is 1. The predicted molar refractivity (Wildman–Crippen MR) is 70.1 cm³/mol. The van der Waals surface area contributed by atoms with Crippen LogP contribution in [0.5, 0.6) is 0 Å². The second kappa shape index (κ2) is 5.27. The zero-order chi connectivity index (χ0) is 12.3. The van der Waals surface area contributed by atoms with Crippen LogP contribution in [0.4, 0.5) is 0 Å². The largest absolute Gasteiger partial charge is 0.331 e. The highest BCUT2D eigenvalue weighted by molar-refractivity contribution is 9.10. The van der Waals surface area contributed by atoms with Gasteiger partial charge in [-0.05, 0) is 30.5 Å². The molecule has 0 amide bonds. The number of imidazole rings is 1. The van der Waals surface area contributed by atoms with E-state index in [1.54, 1.807) is 10.9 Å². The normalized spacial score (nSPS) is 10.5. The average Bonchev–Trinajstić information content (AvgIpc) is 2.67. The zero-order valence-electron chi connectivity index (χ0n) is 9.56. The summed E-state index contributed by atoms with van der Waals surface area (Å²) in [6.45, 7) is 0. The van der Waals surface area contributed by atoms with Gasteiger partial charge in [-0.25, -0.2) is 4.98 Å². The van der Waals surface area contributed by atoms with Crippen molar-refractivity contribution in [2.75, 3.05) is 0 Å². The molecule has 4 heteroatoms. The van der Waals surface area contributed by atoms with Gasteiger partial charge in [-0.15, -0.1) is 0 Å². The first-order valence-electron chi connectivity index (χ1n) is 5.40. The van der Waals surface area contributed by atoms with Crippen LogP contribution in [0.1, 0.15) is 21.7 Å². The standard InChI is InChI=1S/C13H13BrN2O/c1-16-9-15-12(13(16)8-17)6-5-10-3-2-4-11(14)7-10/h2-4,7-9H,5-6H2,1H3. The molecule has 0 unspecified atom stereocenters. The topological polar surface area (TPSA) is 34.9 Å². The van der Waals surface area contributed by atoms with Gasteiger partial charge in [-0.1, -0.05) is 28.1 Å². The Morgan fingerprint density at radius 2 is 2.24 bits per heavy atom. The molecule has 0 aliphatic heterocycles. The van der Waals surface area contributed by atoms with E-state index in [0.29, 0.717) is 5.69 Å². The van der Waals surface area contributed by atoms with Crippen LogP contribution < -0.4 is 0 Å². The van der Waals surface area contributed by atoms with E-state index in [4.69, 9.17) is 0 Å². The molecule has 2 rings (SSSR count). The van der Waals surface area contributed by atoms with Crippen molar-refractivity contribution in [3.63, 3.8) is 0 Å². The summed E-state index contributed by atoms with van der Waals surface area (Å²) < 4.78 is 2.83. The molecule has 88 valence electrons. The third-order valence-electron chi connectivity index (χ3n) is 2.71. The number of aromatic nitrogens is 2. The van der Waals surface area contributed by atoms with Gasteiger partial charge in [0.05, 0.1) is 12.0 Å². The predicted octanol–water partition coefficient (Wildman–Crippen LogP) is 2.78. The van der Waals surface area contributed by atoms with E-state index >= 15 is 0 Å². The average molecular weight is 293 g/mol. The first-order chi connectivity index (χ1) is 8.20. The lowest BCUT2D eigenvalue weighted by atomic mass is 10.1. The van der Waals surface area contributed by atoms with Crippen molar-refractivity contribution in [1.82, 2.24) is 9.55 Å². The van der Waals surface area contributed by atoms with Gasteiger partial charge in [-0.2, -0.15) is 0 Å². The highest BCUT2D eigenvalue weighted by Gasteiger charge is 2.07. The van der Waals surface area contributed by atoms with Gasteiger partial charge >= 0.3 is 0 Å². The van der Waals surface area contributed by atoms with E-state index in [0.717, 1.165) is 29.3 Å². The fourth-order valence-corrected chi connectivity index (χ4v) is 2.23. The van der Waals surface area contributed by atoms with Gasteiger partial charge in [0.25, 0.3) is 0 Å². The van der Waals surface area contributed by atoms with E-state index in [1.807, 2.05) is 19.2 Å². The van der Waals surface area contributed by atoms with Crippen LogP contribution in [0.25, 0.3) is 0 Å². The molecule has 0 fully saturated rings. The van der Waals surface area contributed by atoms with E-state index in [-0.39, 0.29) is 0 Å². The molecule has 1 aromatic carbocycles. The molecule has 2 aromatic rings. The van der Waals surface area contributed by atoms with Crippen LogP contribution in [-0.4, -0.2) is 15.8 Å². The van der Waals surface area contributed by atoms with Gasteiger partial charge in [-0.3, -0.25) is 4.79 Å². The van der Waals surface area contributed by atoms with E-state index in [9.17, 15) is 4.79 Å². The van der Waals surface area contributed by atoms with Crippen LogP contribution in [-0.2, 0) is 19.9 Å². The summed E-state index contributed by atoms with van der Waals surface area (Å²) in [5.41, 5.74) is 2.77. The van der Waals surface area contributed by atoms with Crippen LogP contribution in [0.15, 0.2) is 35.1 Å². The molecule has 0 saturated carbocycles. The molecule has 0 radical (unpaired) electrons. The van der Waals surface area contributed by atoms with Gasteiger partial charge in [0.15, 0.2) is 6.29 Å². The van der Waals surface area contributed by atoms with Crippen molar-refractivity contribution in [2.45, 2.75) is 12.8 Å². The highest BCUT2D eigenvalue weighted by Crippen LogP contribution is 2.14. The molecule has 0 bridgehead atoms. The maximum atomic E-state index is 10.9. The number of carbonyl (C=O) groups is 1. The van der Waals surface area contributed by atoms with Crippen molar-refractivity contribution in [1.29, 1.82) is 0 Å². The van der Waals surface area contributed by atoms with Gasteiger partial charge < -0.3 is 4.57 Å². The fraction of sp³-hybridized carbons (Fsp3) is 0.231. The molecule has 0 aliphatic rings. The molecule has 0 N–H and O–H groups in total. The number of carbonyl (C=O) groups excluding carboxylic acids is 1. The summed E-state index contributed by atoms with van der Waals surface area (Å²) in [7, 11) is 1.83. The van der Waals surface area contributed by atoms with Crippen molar-refractivity contribution >= 4 is 22.2 Å². The lowest BCUT2D eigenvalue weighted by molar-refractivity contribution is 0.111. The number of hydrogen-bond donors (Lipinski definition) is 0. The number of rotatable bonds is 4. The monoisotopic (exact) mass is 292 g/mol. The van der Waals surface area contributed by atoms with Crippen molar-refractivity contribution in [2.24, 2.45) is 7.05 Å². The minimum Gasteiger partial charge on any atom is -0.331 e. The minimum absolute atomic E-state index is 0.667. The summed E-state index contributed by atoms with van der Waals surface area (Å²) in [5, 5.41) is 0. The summed E-state index contributed by atoms with van der Waals surface area (Å²) in [4.78, 5) is 15.2. The first kappa shape index (κ1) is 12.0. The maximum absolute atomic E-state index is 10.9. The highest BCUT2D eigenvalue weighted by atomic mass is 79.9. The van der Waals surface area contributed by atoms with E-state index < -0.39 is 0 Å². The zero-order valence-corrected chi connectivity index (χ0v) is 11.1. The lowest BCUT2D eigenvalue weighted by Crippen LogP contribution is -1.99. The number of benzene rings is 1. The molecule has 0 aliphatic carbocycles. The second-order valence-corrected chi connectivity index (χ2v) is 4.85. The third kappa shape index (κ3) is 2.82. The summed E-state index contributed by atoms with van der Waals surface area (Å²) in [5.74, 6) is 0. The molecule has 0 saturated heterocycles. The van der Waals surface area contributed by atoms with Crippen molar-refractivity contribution in [3.8, 4) is 0 Å². The maximum Gasteiger partial charge on any atom is 0.168 e. The Bertz CT molecular complexity index is 534. The van der Waals surface area contributed by atoms with Crippen molar-refractivity contribution in [3.05, 3.63) is 52.0 Å². The van der Waals surface area contributed by atoms with Crippen LogP contribution in [0.2, 0.25) is 0 Å². The molecule has 3 nitrogen and oxygen atoms in total. The Morgan fingerprint density at radius 1 is 1.41 bits per heavy atom. The van der Waals surface area contributed by atoms with Crippen LogP contribution >= 0.6 is 15.9 Å². The summed E-state index contributed by atoms with van der Waals surface area (Å²) in [6, 6.07) is 8.18. The van der Waals surface area contributed by atoms with Gasteiger partial charge in [0.1, 0.15) is 5.69 Å². The number of nitrogens with zero attached hydrogens (tertiary/aromatic N) is 2. The molecule has 1 heterocycles. The van der Waals surface area contributed by atoms with Gasteiger partial charge in [0.2, 0.25) is 0 Å². The molecule has 17 heavy (non-hydrogen) atoms. The van der Waals surface area contributed by atoms with Gasteiger partial charge in [0, 0.05) is 11.5 Å². The fourth-order valence-electron chi connectivity index (χ4n) is 1.79. The Morgan fingerprint density at radius 3 is 2.94 bits per heavy atom. The minimum atomic E-state index is 0.667. The quantitative estimate of drug-likeness (QED) is 0.812. The molecule has 0 atom stereocenters. The van der Waals surface area contributed by atoms with E-state index in [1.165, 1.54) is 5.56 Å². The van der Waals surface area contributed by atoms with Crippen LogP contribution in [0.3, 0.4) is 0 Å². The first-order valence-corrected chi connectivity index (χ1v) is 6.20. The number of hydrogen-bond acceptors (Lipinski definition) is 2. The van der Waals surface area contributed by atoms with E-state index in [2.05, 4.69) is 33.0 Å². The smallest absolute Gasteiger partial charge is 0.168 e.